The summed E-state index contributed by atoms with van der Waals surface area (Å²) >= 11 is 11.8. The van der Waals surface area contributed by atoms with Gasteiger partial charge in [-0.1, -0.05) is 56.3 Å². The Bertz CT molecular complexity index is 412. The van der Waals surface area contributed by atoms with E-state index < -0.39 is 0 Å². The van der Waals surface area contributed by atoms with E-state index in [1.807, 2.05) is 6.92 Å². The van der Waals surface area contributed by atoms with E-state index >= 15 is 0 Å². The minimum absolute atomic E-state index is 0.00351. The van der Waals surface area contributed by atoms with Crippen LogP contribution in [0.1, 0.15) is 51.5 Å². The summed E-state index contributed by atoms with van der Waals surface area (Å²) in [5.41, 5.74) is 0.819. The maximum atomic E-state index is 12.0. The van der Waals surface area contributed by atoms with Gasteiger partial charge in [0.25, 0.3) is 0 Å². The molecular formula is C16H22Cl2O2. The number of rotatable bonds is 8. The van der Waals surface area contributed by atoms with Gasteiger partial charge in [-0.3, -0.25) is 4.79 Å². The van der Waals surface area contributed by atoms with E-state index in [0.717, 1.165) is 37.7 Å². The van der Waals surface area contributed by atoms with Crippen molar-refractivity contribution in [3.05, 3.63) is 33.8 Å². The number of benzene rings is 1. The number of hydrogen-bond donors (Lipinski definition) is 0. The first-order valence-corrected chi connectivity index (χ1v) is 7.94. The molecular weight excluding hydrogens is 295 g/mol. The summed E-state index contributed by atoms with van der Waals surface area (Å²) in [6, 6.07) is 5.19. The van der Waals surface area contributed by atoms with Gasteiger partial charge in [0.2, 0.25) is 0 Å². The van der Waals surface area contributed by atoms with Gasteiger partial charge in [-0.2, -0.15) is 0 Å². The van der Waals surface area contributed by atoms with Crippen molar-refractivity contribution in [1.29, 1.82) is 0 Å². The van der Waals surface area contributed by atoms with Crippen LogP contribution in [0, 0.1) is 5.92 Å². The van der Waals surface area contributed by atoms with Crippen molar-refractivity contribution in [1.82, 2.24) is 0 Å². The van der Waals surface area contributed by atoms with Crippen LogP contribution in [0.25, 0.3) is 0 Å². The lowest BCUT2D eigenvalue weighted by molar-refractivity contribution is -0.150. The molecule has 4 heteroatoms. The molecule has 0 saturated carbocycles. The first kappa shape index (κ1) is 17.3. The lowest BCUT2D eigenvalue weighted by Gasteiger charge is -2.14. The molecule has 0 N–H and O–H groups in total. The van der Waals surface area contributed by atoms with Crippen molar-refractivity contribution in [2.75, 3.05) is 0 Å². The Kier molecular flexibility index (Phi) is 8.01. The average Bonchev–Trinajstić information content (AvgIpc) is 2.40. The largest absolute Gasteiger partial charge is 0.461 e. The number of ether oxygens (including phenoxy) is 1. The van der Waals surface area contributed by atoms with Crippen LogP contribution in [-0.4, -0.2) is 5.97 Å². The second kappa shape index (κ2) is 9.25. The summed E-state index contributed by atoms with van der Waals surface area (Å²) in [7, 11) is 0. The van der Waals surface area contributed by atoms with Crippen molar-refractivity contribution < 1.29 is 9.53 Å². The van der Waals surface area contributed by atoms with Crippen LogP contribution in [-0.2, 0) is 16.1 Å². The van der Waals surface area contributed by atoms with E-state index in [4.69, 9.17) is 27.9 Å². The molecule has 1 atom stereocenters. The molecule has 20 heavy (non-hydrogen) atoms. The van der Waals surface area contributed by atoms with Crippen LogP contribution in [0.2, 0.25) is 10.0 Å². The third kappa shape index (κ3) is 6.15. The Morgan fingerprint density at radius 3 is 2.35 bits per heavy atom. The van der Waals surface area contributed by atoms with Gasteiger partial charge in [0.05, 0.1) is 5.92 Å². The number of esters is 1. The second-order valence-electron chi connectivity index (χ2n) is 4.99. The summed E-state index contributed by atoms with van der Waals surface area (Å²) < 4.78 is 5.37. The van der Waals surface area contributed by atoms with E-state index in [1.54, 1.807) is 18.2 Å². The monoisotopic (exact) mass is 316 g/mol. The third-order valence-corrected chi connectivity index (χ3v) is 3.72. The molecule has 0 aliphatic rings. The SMILES string of the molecule is CCCCCC(CC)C(=O)OCc1cc(Cl)cc(Cl)c1. The Balaban J connectivity index is 2.47. The number of carbonyl (C=O) groups excluding carboxylic acids is 1. The van der Waals surface area contributed by atoms with Crippen molar-refractivity contribution in [3.63, 3.8) is 0 Å². The fourth-order valence-electron chi connectivity index (χ4n) is 2.10. The van der Waals surface area contributed by atoms with Gasteiger partial charge in [-0.15, -0.1) is 0 Å². The first-order valence-electron chi connectivity index (χ1n) is 7.18. The highest BCUT2D eigenvalue weighted by Gasteiger charge is 2.17. The van der Waals surface area contributed by atoms with E-state index in [2.05, 4.69) is 6.92 Å². The normalized spacial score (nSPS) is 12.2. The van der Waals surface area contributed by atoms with Crippen LogP contribution >= 0.6 is 23.2 Å². The molecule has 1 unspecified atom stereocenters. The second-order valence-corrected chi connectivity index (χ2v) is 5.86. The van der Waals surface area contributed by atoms with E-state index in [1.165, 1.54) is 0 Å². The Morgan fingerprint density at radius 1 is 1.15 bits per heavy atom. The molecule has 0 aliphatic heterocycles. The number of halogens is 2. The molecule has 0 saturated heterocycles. The van der Waals surface area contributed by atoms with Crippen molar-refractivity contribution in [3.8, 4) is 0 Å². The summed E-state index contributed by atoms with van der Waals surface area (Å²) in [5, 5.41) is 1.11. The predicted octanol–water partition coefficient (Wildman–Crippen LogP) is 5.64. The van der Waals surface area contributed by atoms with Gasteiger partial charge in [-0.25, -0.2) is 0 Å². The maximum absolute atomic E-state index is 12.0. The van der Waals surface area contributed by atoms with Gasteiger partial charge in [-0.05, 0) is 36.6 Å². The highest BCUT2D eigenvalue weighted by Crippen LogP contribution is 2.21. The smallest absolute Gasteiger partial charge is 0.309 e. The van der Waals surface area contributed by atoms with Gasteiger partial charge in [0, 0.05) is 10.0 Å². The zero-order chi connectivity index (χ0) is 15.0. The zero-order valence-electron chi connectivity index (χ0n) is 12.1. The van der Waals surface area contributed by atoms with Crippen molar-refractivity contribution in [2.45, 2.75) is 52.6 Å². The van der Waals surface area contributed by atoms with E-state index in [-0.39, 0.29) is 18.5 Å². The van der Waals surface area contributed by atoms with Gasteiger partial charge >= 0.3 is 5.97 Å². The zero-order valence-corrected chi connectivity index (χ0v) is 13.6. The molecule has 2 nitrogen and oxygen atoms in total. The Labute approximate surface area is 131 Å². The Hall–Kier alpha value is -0.730. The van der Waals surface area contributed by atoms with E-state index in [0.29, 0.717) is 10.0 Å². The number of carbonyl (C=O) groups is 1. The summed E-state index contributed by atoms with van der Waals surface area (Å²) in [4.78, 5) is 12.0. The number of hydrogen-bond acceptors (Lipinski definition) is 2. The molecule has 0 bridgehead atoms. The summed E-state index contributed by atoms with van der Waals surface area (Å²) in [5.74, 6) is -0.129. The molecule has 0 heterocycles. The van der Waals surface area contributed by atoms with Crippen LogP contribution in [0.15, 0.2) is 18.2 Å². The standard InChI is InChI=1S/C16H22Cl2O2/c1-3-5-6-7-13(4-2)16(19)20-11-12-8-14(17)10-15(18)9-12/h8-10,13H,3-7,11H2,1-2H3. The fraction of sp³-hybridized carbons (Fsp3) is 0.562. The van der Waals surface area contributed by atoms with Crippen LogP contribution in [0.5, 0.6) is 0 Å². The minimum atomic E-state index is -0.125. The average molecular weight is 317 g/mol. The van der Waals surface area contributed by atoms with Gasteiger partial charge < -0.3 is 4.74 Å². The summed E-state index contributed by atoms with van der Waals surface area (Å²) in [6.45, 7) is 4.40. The molecule has 1 rings (SSSR count). The number of unbranched alkanes of at least 4 members (excludes halogenated alkanes) is 2. The van der Waals surface area contributed by atoms with Crippen molar-refractivity contribution in [2.24, 2.45) is 5.92 Å². The molecule has 0 fully saturated rings. The topological polar surface area (TPSA) is 26.3 Å². The quantitative estimate of drug-likeness (QED) is 0.458. The molecule has 0 spiro atoms. The lowest BCUT2D eigenvalue weighted by atomic mass is 9.99. The maximum Gasteiger partial charge on any atom is 0.309 e. The van der Waals surface area contributed by atoms with Crippen LogP contribution in [0.4, 0.5) is 0 Å². The molecule has 0 radical (unpaired) electrons. The highest BCUT2D eigenvalue weighted by atomic mass is 35.5. The lowest BCUT2D eigenvalue weighted by Crippen LogP contribution is -2.17. The van der Waals surface area contributed by atoms with Gasteiger partial charge in [0.1, 0.15) is 6.61 Å². The van der Waals surface area contributed by atoms with Crippen LogP contribution < -0.4 is 0 Å². The van der Waals surface area contributed by atoms with Crippen molar-refractivity contribution >= 4 is 29.2 Å². The fourth-order valence-corrected chi connectivity index (χ4v) is 2.67. The first-order chi connectivity index (χ1) is 9.56. The molecule has 1 aromatic rings. The van der Waals surface area contributed by atoms with E-state index in [9.17, 15) is 4.79 Å². The predicted molar refractivity (Wildman–Crippen MR) is 84.2 cm³/mol. The van der Waals surface area contributed by atoms with Gasteiger partial charge in [0.15, 0.2) is 0 Å². The molecule has 0 aromatic heterocycles. The molecule has 1 aromatic carbocycles. The molecule has 112 valence electrons. The minimum Gasteiger partial charge on any atom is -0.461 e. The highest BCUT2D eigenvalue weighted by molar-refractivity contribution is 6.34. The molecule has 0 aliphatic carbocycles. The van der Waals surface area contributed by atoms with Crippen LogP contribution in [0.3, 0.4) is 0 Å². The Morgan fingerprint density at radius 2 is 1.80 bits per heavy atom. The molecule has 0 amide bonds. The third-order valence-electron chi connectivity index (χ3n) is 3.29. The summed E-state index contributed by atoms with van der Waals surface area (Å²) in [6.07, 6.45) is 5.12.